The summed E-state index contributed by atoms with van der Waals surface area (Å²) in [6.07, 6.45) is 6.16. The first kappa shape index (κ1) is 10.9. The number of likely N-dealkylation sites (N-methyl/N-ethyl adjacent to an activating group) is 1. The molecule has 1 heterocycles. The fraction of sp³-hybridized carbons (Fsp3) is 0.600. The van der Waals surface area contributed by atoms with Gasteiger partial charge in [-0.05, 0) is 26.1 Å². The summed E-state index contributed by atoms with van der Waals surface area (Å²) in [6, 6.07) is 0. The van der Waals surface area contributed by atoms with Crippen molar-refractivity contribution in [3.8, 4) is 0 Å². The normalized spacial score (nSPS) is 10.8. The van der Waals surface area contributed by atoms with Crippen molar-refractivity contribution in [3.05, 3.63) is 18.0 Å². The van der Waals surface area contributed by atoms with E-state index in [9.17, 15) is 4.79 Å². The third-order valence-corrected chi connectivity index (χ3v) is 2.01. The molecule has 0 saturated carbocycles. The summed E-state index contributed by atoms with van der Waals surface area (Å²) in [5, 5.41) is 4.22. The highest BCUT2D eigenvalue weighted by molar-refractivity contribution is 5.49. The van der Waals surface area contributed by atoms with Crippen LogP contribution in [0.15, 0.2) is 12.4 Å². The van der Waals surface area contributed by atoms with Crippen LogP contribution in [0.1, 0.15) is 12.0 Å². The Balaban J connectivity index is 2.38. The molecule has 1 rings (SSSR count). The minimum Gasteiger partial charge on any atom is -0.308 e. The smallest absolute Gasteiger partial charge is 0.120 e. The van der Waals surface area contributed by atoms with E-state index >= 15 is 0 Å². The Morgan fingerprint density at radius 3 is 3.00 bits per heavy atom. The van der Waals surface area contributed by atoms with Gasteiger partial charge in [0, 0.05) is 19.2 Å². The Kier molecular flexibility index (Phi) is 4.32. The van der Waals surface area contributed by atoms with E-state index in [-0.39, 0.29) is 0 Å². The predicted molar refractivity (Wildman–Crippen MR) is 55.2 cm³/mol. The summed E-state index contributed by atoms with van der Waals surface area (Å²) in [6.45, 7) is 1.88. The largest absolute Gasteiger partial charge is 0.308 e. The second-order valence-corrected chi connectivity index (χ2v) is 3.62. The fourth-order valence-corrected chi connectivity index (χ4v) is 1.19. The second-order valence-electron chi connectivity index (χ2n) is 3.62. The van der Waals surface area contributed by atoms with Crippen molar-refractivity contribution in [2.45, 2.75) is 19.4 Å². The highest BCUT2D eigenvalue weighted by Gasteiger charge is 1.98. The molecule has 0 radical (unpaired) electrons. The van der Waals surface area contributed by atoms with E-state index in [0.717, 1.165) is 31.4 Å². The molecule has 0 aliphatic rings. The monoisotopic (exact) mass is 195 g/mol. The van der Waals surface area contributed by atoms with Gasteiger partial charge in [-0.15, -0.1) is 0 Å². The lowest BCUT2D eigenvalue weighted by atomic mass is 10.2. The van der Waals surface area contributed by atoms with Crippen molar-refractivity contribution in [2.75, 3.05) is 20.6 Å². The van der Waals surface area contributed by atoms with Crippen LogP contribution in [0.25, 0.3) is 0 Å². The van der Waals surface area contributed by atoms with E-state index in [1.807, 2.05) is 31.2 Å². The van der Waals surface area contributed by atoms with Gasteiger partial charge in [-0.2, -0.15) is 5.10 Å². The molecule has 0 unspecified atom stereocenters. The van der Waals surface area contributed by atoms with E-state index in [0.29, 0.717) is 6.42 Å². The van der Waals surface area contributed by atoms with Crippen LogP contribution in [0.2, 0.25) is 0 Å². The number of aryl methyl sites for hydroxylation is 1. The molecule has 1 aromatic rings. The van der Waals surface area contributed by atoms with Gasteiger partial charge in [-0.3, -0.25) is 4.68 Å². The van der Waals surface area contributed by atoms with Crippen molar-refractivity contribution >= 4 is 6.29 Å². The minimum absolute atomic E-state index is 0.583. The summed E-state index contributed by atoms with van der Waals surface area (Å²) >= 11 is 0. The topological polar surface area (TPSA) is 38.1 Å². The van der Waals surface area contributed by atoms with E-state index < -0.39 is 0 Å². The lowest BCUT2D eigenvalue weighted by Gasteiger charge is -2.08. The molecule has 78 valence electrons. The Morgan fingerprint density at radius 2 is 2.36 bits per heavy atom. The van der Waals surface area contributed by atoms with Gasteiger partial charge in [0.1, 0.15) is 6.29 Å². The van der Waals surface area contributed by atoms with Gasteiger partial charge < -0.3 is 9.69 Å². The zero-order valence-corrected chi connectivity index (χ0v) is 8.81. The molecule has 0 aliphatic heterocycles. The van der Waals surface area contributed by atoms with E-state index in [1.165, 1.54) is 0 Å². The summed E-state index contributed by atoms with van der Waals surface area (Å²) < 4.78 is 1.92. The van der Waals surface area contributed by atoms with Crippen LogP contribution in [-0.2, 0) is 17.8 Å². The summed E-state index contributed by atoms with van der Waals surface area (Å²) in [5.41, 5.74) is 1.14. The van der Waals surface area contributed by atoms with Crippen LogP contribution in [-0.4, -0.2) is 41.6 Å². The number of carbonyl (C=O) groups excluding carboxylic acids is 1. The molecular weight excluding hydrogens is 178 g/mol. The van der Waals surface area contributed by atoms with Gasteiger partial charge in [0.05, 0.1) is 12.7 Å². The average Bonchev–Trinajstić information content (AvgIpc) is 2.59. The van der Waals surface area contributed by atoms with Gasteiger partial charge in [0.2, 0.25) is 0 Å². The van der Waals surface area contributed by atoms with Crippen LogP contribution in [0, 0.1) is 0 Å². The minimum atomic E-state index is 0.583. The van der Waals surface area contributed by atoms with Gasteiger partial charge in [0.15, 0.2) is 0 Å². The number of rotatable bonds is 6. The molecule has 4 heteroatoms. The highest BCUT2D eigenvalue weighted by atomic mass is 16.1. The van der Waals surface area contributed by atoms with Gasteiger partial charge in [-0.25, -0.2) is 0 Å². The molecule has 0 saturated heterocycles. The molecule has 0 spiro atoms. The number of aromatic nitrogens is 2. The predicted octanol–water partition coefficient (Wildman–Crippen LogP) is 0.576. The Morgan fingerprint density at radius 1 is 1.57 bits per heavy atom. The first-order chi connectivity index (χ1) is 6.72. The number of carbonyl (C=O) groups is 1. The van der Waals surface area contributed by atoms with Crippen LogP contribution in [0.3, 0.4) is 0 Å². The molecule has 0 fully saturated rings. The van der Waals surface area contributed by atoms with E-state index in [2.05, 4.69) is 10.00 Å². The molecule has 14 heavy (non-hydrogen) atoms. The van der Waals surface area contributed by atoms with Crippen molar-refractivity contribution in [1.29, 1.82) is 0 Å². The lowest BCUT2D eigenvalue weighted by Crippen LogP contribution is -2.18. The van der Waals surface area contributed by atoms with E-state index in [1.54, 1.807) is 0 Å². The van der Waals surface area contributed by atoms with Crippen molar-refractivity contribution in [1.82, 2.24) is 14.7 Å². The number of aldehydes is 1. The molecule has 0 N–H and O–H groups in total. The molecule has 0 bridgehead atoms. The average molecular weight is 195 g/mol. The summed E-state index contributed by atoms with van der Waals surface area (Å²) in [5.74, 6) is 0. The molecule has 4 nitrogen and oxygen atoms in total. The summed E-state index contributed by atoms with van der Waals surface area (Å²) in [4.78, 5) is 12.3. The Bertz CT molecular complexity index is 281. The van der Waals surface area contributed by atoms with Crippen molar-refractivity contribution in [3.63, 3.8) is 0 Å². The lowest BCUT2D eigenvalue weighted by molar-refractivity contribution is -0.107. The molecule has 0 amide bonds. The first-order valence-electron chi connectivity index (χ1n) is 4.82. The van der Waals surface area contributed by atoms with E-state index in [4.69, 9.17) is 0 Å². The molecule has 0 atom stereocenters. The van der Waals surface area contributed by atoms with Gasteiger partial charge in [-0.1, -0.05) is 0 Å². The molecule has 1 aromatic heterocycles. The van der Waals surface area contributed by atoms with Crippen LogP contribution >= 0.6 is 0 Å². The maximum absolute atomic E-state index is 10.2. The highest BCUT2D eigenvalue weighted by Crippen LogP contribution is 2.00. The SMILES string of the molecule is CN(C)CCn1cc(CCC=O)cn1. The Hall–Kier alpha value is -1.16. The van der Waals surface area contributed by atoms with Crippen LogP contribution in [0.5, 0.6) is 0 Å². The van der Waals surface area contributed by atoms with Crippen molar-refractivity contribution in [2.24, 2.45) is 0 Å². The zero-order valence-electron chi connectivity index (χ0n) is 8.81. The maximum atomic E-state index is 10.2. The molecule has 0 aliphatic carbocycles. The summed E-state index contributed by atoms with van der Waals surface area (Å²) in [7, 11) is 4.08. The van der Waals surface area contributed by atoms with Crippen molar-refractivity contribution < 1.29 is 4.79 Å². The van der Waals surface area contributed by atoms with Gasteiger partial charge >= 0.3 is 0 Å². The third-order valence-electron chi connectivity index (χ3n) is 2.01. The fourth-order valence-electron chi connectivity index (χ4n) is 1.19. The maximum Gasteiger partial charge on any atom is 0.120 e. The number of hydrogen-bond donors (Lipinski definition) is 0. The Labute approximate surface area is 84.5 Å². The molecule has 0 aromatic carbocycles. The van der Waals surface area contributed by atoms with Gasteiger partial charge in [0.25, 0.3) is 0 Å². The third kappa shape index (κ3) is 3.70. The van der Waals surface area contributed by atoms with Crippen LogP contribution < -0.4 is 0 Å². The number of hydrogen-bond acceptors (Lipinski definition) is 3. The second kappa shape index (κ2) is 5.54. The quantitative estimate of drug-likeness (QED) is 0.623. The first-order valence-corrected chi connectivity index (χ1v) is 4.82. The van der Waals surface area contributed by atoms with Crippen LogP contribution in [0.4, 0.5) is 0 Å². The standard InChI is InChI=1S/C10H17N3O/c1-12(2)5-6-13-9-10(8-11-13)4-3-7-14/h7-9H,3-6H2,1-2H3. The molecular formula is C10H17N3O. The zero-order chi connectivity index (χ0) is 10.4. The number of nitrogens with zero attached hydrogens (tertiary/aromatic N) is 3.